The van der Waals surface area contributed by atoms with Crippen LogP contribution in [0.4, 0.5) is 0 Å². The van der Waals surface area contributed by atoms with Gasteiger partial charge in [0.25, 0.3) is 11.8 Å². The lowest BCUT2D eigenvalue weighted by Gasteiger charge is -2.32. The fraction of sp³-hybridized carbons (Fsp3) is 0.250. The highest BCUT2D eigenvalue weighted by atomic mass is 16.2. The molecule has 9 nitrogen and oxygen atoms in total. The van der Waals surface area contributed by atoms with Crippen molar-refractivity contribution in [1.29, 1.82) is 0 Å². The number of aromatic nitrogens is 3. The Balaban J connectivity index is 1.57. The number of imidazole rings is 1. The molecule has 148 valence electrons. The summed E-state index contributed by atoms with van der Waals surface area (Å²) in [4.78, 5) is 48.5. The number of carbonyl (C=O) groups excluding carboxylic acids is 3. The number of hydrogen-bond donors (Lipinski definition) is 1. The molecule has 0 bridgehead atoms. The van der Waals surface area contributed by atoms with Crippen molar-refractivity contribution in [1.82, 2.24) is 29.5 Å². The van der Waals surface area contributed by atoms with Crippen molar-refractivity contribution < 1.29 is 14.4 Å². The highest BCUT2D eigenvalue weighted by Crippen LogP contribution is 2.16. The number of nitrogens with one attached hydrogen (secondary N) is 1. The summed E-state index contributed by atoms with van der Waals surface area (Å²) in [7, 11) is 0. The predicted octanol–water partition coefficient (Wildman–Crippen LogP) is 0.573. The molecular formula is C20H20N6O3. The fourth-order valence-corrected chi connectivity index (χ4v) is 3.28. The van der Waals surface area contributed by atoms with E-state index in [4.69, 9.17) is 0 Å². The van der Waals surface area contributed by atoms with Gasteiger partial charge in [-0.3, -0.25) is 23.8 Å². The molecular weight excluding hydrogens is 372 g/mol. The smallest absolute Gasteiger partial charge is 0.290 e. The predicted molar refractivity (Wildman–Crippen MR) is 104 cm³/mol. The number of fused-ring (bicyclic) bond motifs is 1. The standard InChI is InChI=1S/C20H20N6O3/c27-14-24-9-11-25(12-10-24)20(29)18-23-17(16-6-2-4-8-26(16)18)19(28)22-13-15-5-1-3-7-21-15/h1-8,14H,9-13H2,(H,22,28). The summed E-state index contributed by atoms with van der Waals surface area (Å²) < 4.78 is 1.63. The van der Waals surface area contributed by atoms with Crippen LogP contribution in [0.25, 0.3) is 5.52 Å². The second kappa shape index (κ2) is 8.09. The van der Waals surface area contributed by atoms with Crippen LogP contribution in [0, 0.1) is 0 Å². The van der Waals surface area contributed by atoms with Crippen LogP contribution in [-0.4, -0.2) is 68.6 Å². The second-order valence-electron chi connectivity index (χ2n) is 6.68. The number of carbonyl (C=O) groups is 3. The average Bonchev–Trinajstić information content (AvgIpc) is 3.17. The lowest BCUT2D eigenvalue weighted by atomic mass is 10.3. The van der Waals surface area contributed by atoms with Crippen LogP contribution < -0.4 is 5.32 Å². The number of piperazine rings is 1. The minimum absolute atomic E-state index is 0.183. The third-order valence-corrected chi connectivity index (χ3v) is 4.86. The van der Waals surface area contributed by atoms with Crippen molar-refractivity contribution >= 4 is 23.7 Å². The Hall–Kier alpha value is -3.75. The Labute approximate surface area is 167 Å². The molecule has 0 aromatic carbocycles. The first-order chi connectivity index (χ1) is 14.2. The van der Waals surface area contributed by atoms with Crippen LogP contribution in [-0.2, 0) is 11.3 Å². The van der Waals surface area contributed by atoms with Gasteiger partial charge in [-0.1, -0.05) is 12.1 Å². The molecule has 0 spiro atoms. The molecule has 3 aromatic rings. The van der Waals surface area contributed by atoms with Gasteiger partial charge >= 0.3 is 0 Å². The van der Waals surface area contributed by atoms with Gasteiger partial charge in [0, 0.05) is 38.6 Å². The third-order valence-electron chi connectivity index (χ3n) is 4.86. The Morgan fingerprint density at radius 3 is 2.59 bits per heavy atom. The first kappa shape index (κ1) is 18.6. The van der Waals surface area contributed by atoms with Crippen molar-refractivity contribution in [3.05, 3.63) is 66.0 Å². The summed E-state index contributed by atoms with van der Waals surface area (Å²) in [6.45, 7) is 2.09. The maximum atomic E-state index is 13.0. The van der Waals surface area contributed by atoms with E-state index in [2.05, 4.69) is 15.3 Å². The molecule has 1 aliphatic heterocycles. The van der Waals surface area contributed by atoms with E-state index in [9.17, 15) is 14.4 Å². The molecule has 0 unspecified atom stereocenters. The van der Waals surface area contributed by atoms with Crippen LogP contribution in [0.1, 0.15) is 26.8 Å². The molecule has 1 fully saturated rings. The molecule has 4 heterocycles. The molecule has 1 aliphatic rings. The summed E-state index contributed by atoms with van der Waals surface area (Å²) in [6.07, 6.45) is 4.16. The average molecular weight is 392 g/mol. The SMILES string of the molecule is O=CN1CCN(C(=O)c2nc(C(=O)NCc3ccccn3)c3ccccn23)CC1. The van der Waals surface area contributed by atoms with Crippen molar-refractivity contribution in [3.63, 3.8) is 0 Å². The summed E-state index contributed by atoms with van der Waals surface area (Å²) in [5, 5.41) is 2.80. The summed E-state index contributed by atoms with van der Waals surface area (Å²) in [5.74, 6) is -0.451. The molecule has 0 atom stereocenters. The van der Waals surface area contributed by atoms with Crippen LogP contribution in [0.3, 0.4) is 0 Å². The van der Waals surface area contributed by atoms with Crippen molar-refractivity contribution in [2.45, 2.75) is 6.54 Å². The van der Waals surface area contributed by atoms with Gasteiger partial charge < -0.3 is 15.1 Å². The number of rotatable bonds is 5. The van der Waals surface area contributed by atoms with Crippen molar-refractivity contribution in [2.75, 3.05) is 26.2 Å². The Morgan fingerprint density at radius 1 is 1.07 bits per heavy atom. The zero-order chi connectivity index (χ0) is 20.2. The minimum atomic E-state index is -0.371. The molecule has 9 heteroatoms. The van der Waals surface area contributed by atoms with Crippen molar-refractivity contribution in [2.24, 2.45) is 0 Å². The van der Waals surface area contributed by atoms with E-state index in [0.717, 1.165) is 12.1 Å². The fourth-order valence-electron chi connectivity index (χ4n) is 3.28. The van der Waals surface area contributed by atoms with Gasteiger partial charge in [-0.25, -0.2) is 4.98 Å². The zero-order valence-corrected chi connectivity index (χ0v) is 15.7. The number of pyridine rings is 2. The lowest BCUT2D eigenvalue weighted by molar-refractivity contribution is -0.119. The number of nitrogens with zero attached hydrogens (tertiary/aromatic N) is 5. The maximum absolute atomic E-state index is 13.0. The highest BCUT2D eigenvalue weighted by Gasteiger charge is 2.27. The molecule has 4 rings (SSSR count). The first-order valence-corrected chi connectivity index (χ1v) is 9.31. The molecule has 3 aromatic heterocycles. The largest absolute Gasteiger partial charge is 0.345 e. The number of amides is 3. The highest BCUT2D eigenvalue weighted by molar-refractivity contribution is 6.02. The Morgan fingerprint density at radius 2 is 1.86 bits per heavy atom. The van der Waals surface area contributed by atoms with E-state index >= 15 is 0 Å². The van der Waals surface area contributed by atoms with E-state index < -0.39 is 0 Å². The van der Waals surface area contributed by atoms with Crippen LogP contribution >= 0.6 is 0 Å². The third kappa shape index (κ3) is 3.79. The quantitative estimate of drug-likeness (QED) is 0.640. The Kier molecular flexibility index (Phi) is 5.19. The number of hydrogen-bond acceptors (Lipinski definition) is 5. The molecule has 1 N–H and O–H groups in total. The molecule has 3 amide bonds. The van der Waals surface area contributed by atoms with Crippen LogP contribution in [0.15, 0.2) is 48.8 Å². The van der Waals surface area contributed by atoms with Gasteiger partial charge in [0.05, 0.1) is 17.8 Å². The normalized spacial score (nSPS) is 14.1. The van der Waals surface area contributed by atoms with E-state index in [0.29, 0.717) is 31.7 Å². The van der Waals surface area contributed by atoms with Gasteiger partial charge in [-0.15, -0.1) is 0 Å². The first-order valence-electron chi connectivity index (χ1n) is 9.31. The van der Waals surface area contributed by atoms with Gasteiger partial charge in [0.1, 0.15) is 0 Å². The molecule has 29 heavy (non-hydrogen) atoms. The lowest BCUT2D eigenvalue weighted by Crippen LogP contribution is -2.48. The topological polar surface area (TPSA) is 99.9 Å². The van der Waals surface area contributed by atoms with Crippen LogP contribution in [0.2, 0.25) is 0 Å². The van der Waals surface area contributed by atoms with E-state index in [1.807, 2.05) is 12.1 Å². The summed E-state index contributed by atoms with van der Waals surface area (Å²) >= 11 is 0. The zero-order valence-electron chi connectivity index (χ0n) is 15.7. The molecule has 1 saturated heterocycles. The molecule has 0 radical (unpaired) electrons. The molecule has 0 saturated carbocycles. The van der Waals surface area contributed by atoms with E-state index in [1.165, 1.54) is 0 Å². The van der Waals surface area contributed by atoms with Crippen molar-refractivity contribution in [3.8, 4) is 0 Å². The summed E-state index contributed by atoms with van der Waals surface area (Å²) in [5.41, 5.74) is 1.48. The van der Waals surface area contributed by atoms with Gasteiger partial charge in [0.2, 0.25) is 12.2 Å². The molecule has 0 aliphatic carbocycles. The Bertz CT molecular complexity index is 1040. The second-order valence-corrected chi connectivity index (χ2v) is 6.68. The van der Waals surface area contributed by atoms with Gasteiger partial charge in [0.15, 0.2) is 5.69 Å². The van der Waals surface area contributed by atoms with Gasteiger partial charge in [-0.2, -0.15) is 0 Å². The monoisotopic (exact) mass is 392 g/mol. The maximum Gasteiger partial charge on any atom is 0.290 e. The van der Waals surface area contributed by atoms with E-state index in [1.54, 1.807) is 50.9 Å². The van der Waals surface area contributed by atoms with Crippen LogP contribution in [0.5, 0.6) is 0 Å². The van der Waals surface area contributed by atoms with Gasteiger partial charge in [-0.05, 0) is 24.3 Å². The summed E-state index contributed by atoms with van der Waals surface area (Å²) in [6, 6.07) is 10.8. The minimum Gasteiger partial charge on any atom is -0.345 e. The van der Waals surface area contributed by atoms with E-state index in [-0.39, 0.29) is 29.9 Å².